The van der Waals surface area contributed by atoms with Crippen molar-refractivity contribution in [1.82, 2.24) is 10.2 Å². The van der Waals surface area contributed by atoms with Crippen molar-refractivity contribution in [3.8, 4) is 0 Å². The molecular weight excluding hydrogens is 154 g/mol. The Morgan fingerprint density at radius 2 is 2.75 bits per heavy atom. The average molecular weight is 167 g/mol. The summed E-state index contributed by atoms with van der Waals surface area (Å²) in [4.78, 5) is 0. The molecule has 1 aliphatic heterocycles. The summed E-state index contributed by atoms with van der Waals surface area (Å²) in [5.41, 5.74) is 1.06. The molecule has 1 fully saturated rings. The first-order valence-corrected chi connectivity index (χ1v) is 4.25. The Bertz CT molecular complexity index is 216. The van der Waals surface area contributed by atoms with Crippen molar-refractivity contribution in [3.05, 3.63) is 12.4 Å². The summed E-state index contributed by atoms with van der Waals surface area (Å²) in [6.45, 7) is 2.79. The van der Waals surface area contributed by atoms with E-state index in [4.69, 9.17) is 4.74 Å². The summed E-state index contributed by atoms with van der Waals surface area (Å²) in [5.74, 6) is 0.667. The number of rotatable bonds is 3. The van der Waals surface area contributed by atoms with Crippen molar-refractivity contribution in [2.75, 3.05) is 25.1 Å². The molecule has 0 radical (unpaired) electrons. The molecule has 1 aromatic rings. The fourth-order valence-electron chi connectivity index (χ4n) is 1.35. The molecule has 4 nitrogen and oxygen atoms in total. The molecule has 66 valence electrons. The van der Waals surface area contributed by atoms with E-state index in [1.807, 2.05) is 6.20 Å². The van der Waals surface area contributed by atoms with E-state index in [1.54, 1.807) is 6.20 Å². The lowest BCUT2D eigenvalue weighted by molar-refractivity contribution is 0.187. The number of nitrogens with zero attached hydrogens (tertiary/aromatic N) is 1. The van der Waals surface area contributed by atoms with Gasteiger partial charge >= 0.3 is 0 Å². The van der Waals surface area contributed by atoms with Crippen LogP contribution in [0.4, 0.5) is 5.69 Å². The number of H-pyrrole nitrogens is 1. The van der Waals surface area contributed by atoms with Gasteiger partial charge in [0.2, 0.25) is 0 Å². The summed E-state index contributed by atoms with van der Waals surface area (Å²) in [5, 5.41) is 9.90. The highest BCUT2D eigenvalue weighted by Gasteiger charge is 2.14. The smallest absolute Gasteiger partial charge is 0.0723 e. The third-order valence-corrected chi connectivity index (χ3v) is 2.12. The van der Waals surface area contributed by atoms with Crippen LogP contribution in [0.2, 0.25) is 0 Å². The van der Waals surface area contributed by atoms with Crippen molar-refractivity contribution < 1.29 is 4.74 Å². The fraction of sp³-hybridized carbons (Fsp3) is 0.625. The second-order valence-electron chi connectivity index (χ2n) is 3.10. The van der Waals surface area contributed by atoms with Gasteiger partial charge in [0.15, 0.2) is 0 Å². The van der Waals surface area contributed by atoms with E-state index in [2.05, 4.69) is 15.5 Å². The van der Waals surface area contributed by atoms with Gasteiger partial charge in [-0.15, -0.1) is 0 Å². The third kappa shape index (κ3) is 1.76. The Morgan fingerprint density at radius 1 is 1.75 bits per heavy atom. The number of nitrogens with one attached hydrogen (secondary N) is 2. The summed E-state index contributed by atoms with van der Waals surface area (Å²) in [6, 6.07) is 0. The first-order chi connectivity index (χ1) is 5.95. The maximum atomic E-state index is 5.26. The van der Waals surface area contributed by atoms with Gasteiger partial charge in [0, 0.05) is 25.3 Å². The number of hydrogen-bond acceptors (Lipinski definition) is 3. The molecular formula is C8H13N3O. The van der Waals surface area contributed by atoms with E-state index < -0.39 is 0 Å². The van der Waals surface area contributed by atoms with E-state index in [0.717, 1.165) is 25.4 Å². The summed E-state index contributed by atoms with van der Waals surface area (Å²) >= 11 is 0. The van der Waals surface area contributed by atoms with Crippen LogP contribution in [0.25, 0.3) is 0 Å². The zero-order valence-electron chi connectivity index (χ0n) is 6.92. The molecule has 1 aromatic heterocycles. The molecule has 2 heterocycles. The van der Waals surface area contributed by atoms with Crippen LogP contribution < -0.4 is 5.32 Å². The number of ether oxygens (including phenoxy) is 1. The molecule has 4 heteroatoms. The van der Waals surface area contributed by atoms with Gasteiger partial charge in [-0.2, -0.15) is 5.10 Å². The first kappa shape index (κ1) is 7.61. The molecule has 0 amide bonds. The monoisotopic (exact) mass is 167 g/mol. The number of anilines is 1. The van der Waals surface area contributed by atoms with Crippen molar-refractivity contribution in [1.29, 1.82) is 0 Å². The minimum absolute atomic E-state index is 0.667. The summed E-state index contributed by atoms with van der Waals surface area (Å²) < 4.78 is 5.26. The van der Waals surface area contributed by atoms with Crippen molar-refractivity contribution in [2.45, 2.75) is 6.42 Å². The van der Waals surface area contributed by atoms with E-state index in [1.165, 1.54) is 6.42 Å². The van der Waals surface area contributed by atoms with Gasteiger partial charge in [-0.1, -0.05) is 0 Å². The molecule has 1 saturated heterocycles. The van der Waals surface area contributed by atoms with Gasteiger partial charge in [0.25, 0.3) is 0 Å². The predicted molar refractivity (Wildman–Crippen MR) is 46.0 cm³/mol. The summed E-state index contributed by atoms with van der Waals surface area (Å²) in [7, 11) is 0. The molecule has 2 N–H and O–H groups in total. The highest BCUT2D eigenvalue weighted by atomic mass is 16.5. The second-order valence-corrected chi connectivity index (χ2v) is 3.10. The topological polar surface area (TPSA) is 49.9 Å². The van der Waals surface area contributed by atoms with Crippen LogP contribution in [0.1, 0.15) is 6.42 Å². The van der Waals surface area contributed by atoms with Crippen molar-refractivity contribution >= 4 is 5.69 Å². The zero-order valence-corrected chi connectivity index (χ0v) is 6.92. The van der Waals surface area contributed by atoms with Crippen LogP contribution in [0.3, 0.4) is 0 Å². The van der Waals surface area contributed by atoms with E-state index >= 15 is 0 Å². The van der Waals surface area contributed by atoms with Crippen LogP contribution >= 0.6 is 0 Å². The molecule has 0 bridgehead atoms. The van der Waals surface area contributed by atoms with Gasteiger partial charge < -0.3 is 10.1 Å². The largest absolute Gasteiger partial charge is 0.382 e. The Kier molecular flexibility index (Phi) is 2.27. The molecule has 1 unspecified atom stereocenters. The maximum absolute atomic E-state index is 5.26. The molecule has 0 saturated carbocycles. The van der Waals surface area contributed by atoms with Crippen LogP contribution in [0.5, 0.6) is 0 Å². The van der Waals surface area contributed by atoms with Gasteiger partial charge in [-0.05, 0) is 6.42 Å². The Balaban J connectivity index is 1.74. The van der Waals surface area contributed by atoms with Gasteiger partial charge in [0.05, 0.1) is 18.5 Å². The lowest BCUT2D eigenvalue weighted by Gasteiger charge is -2.07. The normalized spacial score (nSPS) is 22.8. The van der Waals surface area contributed by atoms with Gasteiger partial charge in [-0.3, -0.25) is 5.10 Å². The van der Waals surface area contributed by atoms with Gasteiger partial charge in [0.1, 0.15) is 0 Å². The quantitative estimate of drug-likeness (QED) is 0.702. The minimum atomic E-state index is 0.667. The maximum Gasteiger partial charge on any atom is 0.0723 e. The number of hydrogen-bond donors (Lipinski definition) is 2. The third-order valence-electron chi connectivity index (χ3n) is 2.12. The molecule has 12 heavy (non-hydrogen) atoms. The SMILES string of the molecule is c1n[nH]cc1NCC1CCOC1. The van der Waals surface area contributed by atoms with Crippen LogP contribution in [0.15, 0.2) is 12.4 Å². The van der Waals surface area contributed by atoms with E-state index in [-0.39, 0.29) is 0 Å². The molecule has 0 spiro atoms. The van der Waals surface area contributed by atoms with Gasteiger partial charge in [-0.25, -0.2) is 0 Å². The molecule has 2 rings (SSSR count). The lowest BCUT2D eigenvalue weighted by Crippen LogP contribution is -2.13. The van der Waals surface area contributed by atoms with Crippen molar-refractivity contribution in [2.24, 2.45) is 5.92 Å². The second kappa shape index (κ2) is 3.58. The highest BCUT2D eigenvalue weighted by molar-refractivity contribution is 5.37. The van der Waals surface area contributed by atoms with E-state index in [0.29, 0.717) is 5.92 Å². The Hall–Kier alpha value is -1.03. The summed E-state index contributed by atoms with van der Waals surface area (Å²) in [6.07, 6.45) is 4.82. The molecule has 0 aliphatic carbocycles. The average Bonchev–Trinajstić information content (AvgIpc) is 2.74. The first-order valence-electron chi connectivity index (χ1n) is 4.25. The molecule has 1 atom stereocenters. The van der Waals surface area contributed by atoms with Crippen LogP contribution in [-0.4, -0.2) is 30.0 Å². The fourth-order valence-corrected chi connectivity index (χ4v) is 1.35. The van der Waals surface area contributed by atoms with Crippen LogP contribution in [-0.2, 0) is 4.74 Å². The number of aromatic nitrogens is 2. The minimum Gasteiger partial charge on any atom is -0.382 e. The Labute approximate surface area is 71.3 Å². The predicted octanol–water partition coefficient (Wildman–Crippen LogP) is 0.858. The highest BCUT2D eigenvalue weighted by Crippen LogP contribution is 2.13. The zero-order chi connectivity index (χ0) is 8.23. The van der Waals surface area contributed by atoms with Crippen molar-refractivity contribution in [3.63, 3.8) is 0 Å². The standard InChI is InChI=1S/C8H13N3O/c1-2-12-6-7(1)3-9-8-4-10-11-5-8/h4-5,7,9H,1-3,6H2,(H,10,11). The Morgan fingerprint density at radius 3 is 3.42 bits per heavy atom. The number of aromatic amines is 1. The molecule has 1 aliphatic rings. The van der Waals surface area contributed by atoms with E-state index in [9.17, 15) is 0 Å². The lowest BCUT2D eigenvalue weighted by atomic mass is 10.1. The molecule has 0 aromatic carbocycles. The van der Waals surface area contributed by atoms with Crippen LogP contribution in [0, 0.1) is 5.92 Å².